The van der Waals surface area contributed by atoms with Crippen LogP contribution >= 0.6 is 0 Å². The number of aromatic nitrogens is 4. The Labute approximate surface area is 81.2 Å². The van der Waals surface area contributed by atoms with E-state index in [9.17, 15) is 0 Å². The molecule has 3 heterocycles. The van der Waals surface area contributed by atoms with E-state index in [1.807, 2.05) is 17.6 Å². The van der Waals surface area contributed by atoms with Crippen LogP contribution in [0, 0.1) is 6.92 Å². The Bertz CT molecular complexity index is 487. The second-order valence-electron chi connectivity index (χ2n) is 3.53. The number of nitrogens with zero attached hydrogens (tertiary/aromatic N) is 4. The summed E-state index contributed by atoms with van der Waals surface area (Å²) in [5.74, 6) is 1.49. The molecule has 1 N–H and O–H groups in total. The minimum atomic E-state index is 0.711. The summed E-state index contributed by atoms with van der Waals surface area (Å²) in [7, 11) is 0. The van der Waals surface area contributed by atoms with E-state index in [2.05, 4.69) is 20.4 Å². The lowest BCUT2D eigenvalue weighted by molar-refractivity contribution is 0.609. The van der Waals surface area contributed by atoms with Gasteiger partial charge in [0.2, 0.25) is 0 Å². The molecule has 0 aliphatic carbocycles. The first-order chi connectivity index (χ1) is 6.84. The van der Waals surface area contributed by atoms with E-state index in [0.717, 1.165) is 25.3 Å². The largest absolute Gasteiger partial charge is 0.312 e. The number of fused-ring (bicyclic) bond motifs is 3. The number of nitrogens with one attached hydrogen (secondary N) is 1. The smallest absolute Gasteiger partial charge is 0.252 e. The van der Waals surface area contributed by atoms with Gasteiger partial charge in [-0.3, -0.25) is 0 Å². The van der Waals surface area contributed by atoms with Crippen molar-refractivity contribution >= 4 is 5.78 Å². The van der Waals surface area contributed by atoms with Gasteiger partial charge < -0.3 is 5.32 Å². The molecule has 5 nitrogen and oxygen atoms in total. The molecule has 0 spiro atoms. The van der Waals surface area contributed by atoms with E-state index in [1.54, 1.807) is 0 Å². The van der Waals surface area contributed by atoms with Gasteiger partial charge in [0.05, 0.1) is 5.69 Å². The summed E-state index contributed by atoms with van der Waals surface area (Å²) in [4.78, 5) is 8.51. The van der Waals surface area contributed by atoms with Crippen molar-refractivity contribution in [1.29, 1.82) is 0 Å². The molecule has 2 aromatic heterocycles. The summed E-state index contributed by atoms with van der Waals surface area (Å²) in [6.07, 6.45) is 2.89. The van der Waals surface area contributed by atoms with Gasteiger partial charge in [0.15, 0.2) is 0 Å². The third-order valence-electron chi connectivity index (χ3n) is 2.51. The molecule has 0 aromatic carbocycles. The molecule has 0 bridgehead atoms. The highest BCUT2D eigenvalue weighted by atomic mass is 15.3. The third-order valence-corrected chi connectivity index (χ3v) is 2.51. The molecule has 5 heteroatoms. The zero-order valence-electron chi connectivity index (χ0n) is 7.99. The first-order valence-electron chi connectivity index (χ1n) is 4.75. The average Bonchev–Trinajstić information content (AvgIpc) is 2.59. The van der Waals surface area contributed by atoms with E-state index >= 15 is 0 Å². The summed E-state index contributed by atoms with van der Waals surface area (Å²) >= 11 is 0. The Balaban J connectivity index is 2.33. The van der Waals surface area contributed by atoms with Gasteiger partial charge in [-0.15, -0.1) is 0 Å². The molecule has 72 valence electrons. The van der Waals surface area contributed by atoms with Gasteiger partial charge in [-0.2, -0.15) is 10.1 Å². The van der Waals surface area contributed by atoms with Crippen LogP contribution in [0.4, 0.5) is 0 Å². The zero-order valence-corrected chi connectivity index (χ0v) is 7.99. The molecule has 0 fully saturated rings. The van der Waals surface area contributed by atoms with Crippen LogP contribution in [0.25, 0.3) is 5.78 Å². The Morgan fingerprint density at radius 2 is 2.43 bits per heavy atom. The molecular weight excluding hydrogens is 178 g/mol. The first kappa shape index (κ1) is 7.87. The molecule has 3 rings (SSSR count). The standard InChI is InChI=1S/C9H11N5/c1-6-12-9-11-5-7-4-10-3-2-8(7)14(9)13-6/h5,10H,2-4H2,1H3. The fourth-order valence-electron chi connectivity index (χ4n) is 1.86. The molecule has 1 aliphatic rings. The van der Waals surface area contributed by atoms with Crippen LogP contribution < -0.4 is 5.32 Å². The van der Waals surface area contributed by atoms with Gasteiger partial charge >= 0.3 is 0 Å². The van der Waals surface area contributed by atoms with Crippen LogP contribution in [0.3, 0.4) is 0 Å². The number of hydrogen-bond acceptors (Lipinski definition) is 4. The van der Waals surface area contributed by atoms with Crippen LogP contribution in [-0.2, 0) is 13.0 Å². The fraction of sp³-hybridized carbons (Fsp3) is 0.444. The molecule has 0 unspecified atom stereocenters. The molecule has 0 saturated heterocycles. The van der Waals surface area contributed by atoms with E-state index in [0.29, 0.717) is 5.78 Å². The Hall–Kier alpha value is -1.49. The lowest BCUT2D eigenvalue weighted by atomic mass is 10.1. The quantitative estimate of drug-likeness (QED) is 0.637. The lowest BCUT2D eigenvalue weighted by Crippen LogP contribution is -2.26. The zero-order chi connectivity index (χ0) is 9.54. The molecule has 2 aromatic rings. The van der Waals surface area contributed by atoms with Crippen LogP contribution in [0.5, 0.6) is 0 Å². The summed E-state index contributed by atoms with van der Waals surface area (Å²) < 4.78 is 1.87. The third kappa shape index (κ3) is 1.02. The topological polar surface area (TPSA) is 55.1 Å². The predicted molar refractivity (Wildman–Crippen MR) is 50.9 cm³/mol. The van der Waals surface area contributed by atoms with Crippen LogP contribution in [0.15, 0.2) is 6.20 Å². The highest BCUT2D eigenvalue weighted by Crippen LogP contribution is 2.13. The van der Waals surface area contributed by atoms with Gasteiger partial charge in [0, 0.05) is 31.3 Å². The van der Waals surface area contributed by atoms with Crippen molar-refractivity contribution in [1.82, 2.24) is 24.9 Å². The summed E-state index contributed by atoms with van der Waals surface area (Å²) in [5, 5.41) is 7.65. The van der Waals surface area contributed by atoms with Crippen molar-refractivity contribution in [2.75, 3.05) is 6.54 Å². The summed E-state index contributed by atoms with van der Waals surface area (Å²) in [6, 6.07) is 0. The molecule has 0 radical (unpaired) electrons. The van der Waals surface area contributed by atoms with Crippen molar-refractivity contribution < 1.29 is 0 Å². The molecule has 0 atom stereocenters. The van der Waals surface area contributed by atoms with Gasteiger partial charge in [0.25, 0.3) is 5.78 Å². The summed E-state index contributed by atoms with van der Waals surface area (Å²) in [6.45, 7) is 3.78. The van der Waals surface area contributed by atoms with Crippen LogP contribution in [0.2, 0.25) is 0 Å². The van der Waals surface area contributed by atoms with Crippen LogP contribution in [0.1, 0.15) is 17.1 Å². The molecule has 0 saturated carbocycles. The lowest BCUT2D eigenvalue weighted by Gasteiger charge is -2.16. The maximum Gasteiger partial charge on any atom is 0.252 e. The normalized spacial score (nSPS) is 15.8. The maximum atomic E-state index is 4.34. The van der Waals surface area contributed by atoms with E-state index in [-0.39, 0.29) is 0 Å². The van der Waals surface area contributed by atoms with Gasteiger partial charge in [-0.1, -0.05) is 0 Å². The van der Waals surface area contributed by atoms with Gasteiger partial charge in [0.1, 0.15) is 5.82 Å². The Morgan fingerprint density at radius 3 is 3.36 bits per heavy atom. The molecule has 14 heavy (non-hydrogen) atoms. The average molecular weight is 189 g/mol. The molecule has 0 amide bonds. The predicted octanol–water partition coefficient (Wildman–Crippen LogP) is 0.0784. The van der Waals surface area contributed by atoms with Crippen LogP contribution in [-0.4, -0.2) is 26.1 Å². The summed E-state index contributed by atoms with van der Waals surface area (Å²) in [5.41, 5.74) is 2.48. The van der Waals surface area contributed by atoms with Crippen molar-refractivity contribution in [3.8, 4) is 0 Å². The van der Waals surface area contributed by atoms with Crippen molar-refractivity contribution in [3.05, 3.63) is 23.3 Å². The second kappa shape index (κ2) is 2.75. The minimum absolute atomic E-state index is 0.711. The minimum Gasteiger partial charge on any atom is -0.312 e. The molecule has 1 aliphatic heterocycles. The number of hydrogen-bond donors (Lipinski definition) is 1. The number of rotatable bonds is 0. The monoisotopic (exact) mass is 189 g/mol. The highest BCUT2D eigenvalue weighted by Gasteiger charge is 2.14. The Kier molecular flexibility index (Phi) is 1.55. The highest BCUT2D eigenvalue weighted by molar-refractivity contribution is 5.33. The van der Waals surface area contributed by atoms with Crippen molar-refractivity contribution in [2.24, 2.45) is 0 Å². The fourth-order valence-corrected chi connectivity index (χ4v) is 1.86. The van der Waals surface area contributed by atoms with E-state index in [4.69, 9.17) is 0 Å². The van der Waals surface area contributed by atoms with Gasteiger partial charge in [-0.05, 0) is 6.92 Å². The van der Waals surface area contributed by atoms with Gasteiger partial charge in [-0.25, -0.2) is 9.50 Å². The SMILES string of the molecule is Cc1nc2ncc3c(n2n1)CCNC3. The van der Waals surface area contributed by atoms with E-state index < -0.39 is 0 Å². The molecular formula is C9H11N5. The Morgan fingerprint density at radius 1 is 1.50 bits per heavy atom. The van der Waals surface area contributed by atoms with E-state index in [1.165, 1.54) is 11.3 Å². The first-order valence-corrected chi connectivity index (χ1v) is 4.75. The van der Waals surface area contributed by atoms with Crippen molar-refractivity contribution in [3.63, 3.8) is 0 Å². The van der Waals surface area contributed by atoms with Crippen molar-refractivity contribution in [2.45, 2.75) is 19.9 Å². The second-order valence-corrected chi connectivity index (χ2v) is 3.53. The maximum absolute atomic E-state index is 4.34. The number of aryl methyl sites for hydroxylation is 1.